The van der Waals surface area contributed by atoms with Crippen molar-refractivity contribution in [2.24, 2.45) is 4.99 Å². The molecule has 1 fully saturated rings. The van der Waals surface area contributed by atoms with Crippen molar-refractivity contribution in [2.45, 2.75) is 18.9 Å². The van der Waals surface area contributed by atoms with Gasteiger partial charge in [0.2, 0.25) is 0 Å². The van der Waals surface area contributed by atoms with Gasteiger partial charge in [0, 0.05) is 11.8 Å². The summed E-state index contributed by atoms with van der Waals surface area (Å²) in [5.41, 5.74) is 0.315. The molecule has 0 atom stereocenters. The van der Waals surface area contributed by atoms with Crippen molar-refractivity contribution in [3.63, 3.8) is 0 Å². The molecular weight excluding hydrogens is 218 g/mol. The summed E-state index contributed by atoms with van der Waals surface area (Å²) in [5.74, 6) is -1.42. The van der Waals surface area contributed by atoms with Crippen molar-refractivity contribution < 1.29 is 15.0 Å². The zero-order chi connectivity index (χ0) is 12.3. The van der Waals surface area contributed by atoms with E-state index in [2.05, 4.69) is 4.99 Å². The Labute approximate surface area is 98.9 Å². The Morgan fingerprint density at radius 2 is 1.88 bits per heavy atom. The summed E-state index contributed by atoms with van der Waals surface area (Å²) in [4.78, 5) is 15.1. The molecule has 0 bridgehead atoms. The van der Waals surface area contributed by atoms with Crippen LogP contribution in [-0.4, -0.2) is 28.4 Å². The molecule has 2 N–H and O–H groups in total. The summed E-state index contributed by atoms with van der Waals surface area (Å²) in [6, 6.07) is 8.82. The quantitative estimate of drug-likeness (QED) is 0.474. The largest absolute Gasteiger partial charge is 0.506 e. The van der Waals surface area contributed by atoms with Crippen LogP contribution >= 0.6 is 0 Å². The van der Waals surface area contributed by atoms with Gasteiger partial charge in [-0.3, -0.25) is 4.99 Å². The van der Waals surface area contributed by atoms with Gasteiger partial charge in [-0.15, -0.1) is 0 Å². The summed E-state index contributed by atoms with van der Waals surface area (Å²) < 4.78 is 0. The van der Waals surface area contributed by atoms with E-state index in [1.807, 2.05) is 0 Å². The third-order valence-electron chi connectivity index (χ3n) is 2.49. The number of carboxylic acids is 1. The normalized spacial score (nSPS) is 16.9. The third-order valence-corrected chi connectivity index (χ3v) is 2.49. The molecule has 2 rings (SSSR count). The highest BCUT2D eigenvalue weighted by atomic mass is 16.4. The first-order valence-electron chi connectivity index (χ1n) is 5.43. The first kappa shape index (κ1) is 11.4. The SMILES string of the molecule is O=C(O)C(C=NC1CC1)=C(O)c1ccccc1. The molecule has 88 valence electrons. The van der Waals surface area contributed by atoms with E-state index in [-0.39, 0.29) is 17.4 Å². The minimum atomic E-state index is -1.17. The smallest absolute Gasteiger partial charge is 0.341 e. The van der Waals surface area contributed by atoms with Crippen LogP contribution in [0, 0.1) is 0 Å². The number of aliphatic carboxylic acids is 1. The van der Waals surface area contributed by atoms with Gasteiger partial charge in [-0.1, -0.05) is 30.3 Å². The van der Waals surface area contributed by atoms with Crippen LogP contribution in [0.3, 0.4) is 0 Å². The number of aliphatic hydroxyl groups excluding tert-OH is 1. The van der Waals surface area contributed by atoms with Gasteiger partial charge in [0.25, 0.3) is 0 Å². The fourth-order valence-electron chi connectivity index (χ4n) is 1.37. The number of hydrogen-bond acceptors (Lipinski definition) is 3. The Balaban J connectivity index is 2.32. The maximum Gasteiger partial charge on any atom is 0.341 e. The lowest BCUT2D eigenvalue weighted by atomic mass is 10.1. The van der Waals surface area contributed by atoms with Gasteiger partial charge in [-0.25, -0.2) is 4.79 Å². The topological polar surface area (TPSA) is 69.9 Å². The Bertz CT molecular complexity index is 473. The predicted molar refractivity (Wildman–Crippen MR) is 65.1 cm³/mol. The van der Waals surface area contributed by atoms with Crippen molar-refractivity contribution in [1.82, 2.24) is 0 Å². The molecule has 1 aliphatic carbocycles. The molecule has 0 heterocycles. The molecule has 0 aliphatic heterocycles. The van der Waals surface area contributed by atoms with Crippen molar-refractivity contribution in [1.29, 1.82) is 0 Å². The van der Waals surface area contributed by atoms with E-state index in [1.165, 1.54) is 6.21 Å². The maximum atomic E-state index is 11.0. The Kier molecular flexibility index (Phi) is 3.23. The summed E-state index contributed by atoms with van der Waals surface area (Å²) in [7, 11) is 0. The van der Waals surface area contributed by atoms with Gasteiger partial charge in [0.15, 0.2) is 0 Å². The second kappa shape index (κ2) is 4.82. The lowest BCUT2D eigenvalue weighted by Crippen LogP contribution is -2.06. The standard InChI is InChI=1S/C13H13NO3/c15-12(9-4-2-1-3-5-9)11(13(16)17)8-14-10-6-7-10/h1-5,8,10,15H,6-7H2,(H,16,17). The van der Waals surface area contributed by atoms with Crippen LogP contribution < -0.4 is 0 Å². The first-order chi connectivity index (χ1) is 8.18. The minimum absolute atomic E-state index is 0.164. The first-order valence-corrected chi connectivity index (χ1v) is 5.43. The molecule has 17 heavy (non-hydrogen) atoms. The van der Waals surface area contributed by atoms with Crippen LogP contribution in [0.25, 0.3) is 5.76 Å². The Hall–Kier alpha value is -2.10. The lowest BCUT2D eigenvalue weighted by molar-refractivity contribution is -0.132. The average molecular weight is 231 g/mol. The molecule has 1 aromatic rings. The van der Waals surface area contributed by atoms with Crippen molar-refractivity contribution in [2.75, 3.05) is 0 Å². The van der Waals surface area contributed by atoms with Gasteiger partial charge in [-0.05, 0) is 12.8 Å². The molecule has 0 radical (unpaired) electrons. The van der Waals surface area contributed by atoms with Gasteiger partial charge >= 0.3 is 5.97 Å². The average Bonchev–Trinajstić information content (AvgIpc) is 3.14. The van der Waals surface area contributed by atoms with E-state index >= 15 is 0 Å². The Morgan fingerprint density at radius 3 is 2.41 bits per heavy atom. The van der Waals surface area contributed by atoms with Crippen molar-refractivity contribution in [3.05, 3.63) is 41.5 Å². The molecule has 0 amide bonds. The highest BCUT2D eigenvalue weighted by molar-refractivity contribution is 6.14. The summed E-state index contributed by atoms with van der Waals surface area (Å²) in [5, 5.41) is 18.9. The maximum absolute atomic E-state index is 11.0. The van der Waals surface area contributed by atoms with Crippen LogP contribution in [0.4, 0.5) is 0 Å². The second-order valence-corrected chi connectivity index (χ2v) is 3.94. The zero-order valence-electron chi connectivity index (χ0n) is 9.21. The summed E-state index contributed by atoms with van der Waals surface area (Å²) in [6.07, 6.45) is 3.24. The van der Waals surface area contributed by atoms with E-state index in [1.54, 1.807) is 30.3 Å². The monoisotopic (exact) mass is 231 g/mol. The zero-order valence-corrected chi connectivity index (χ0v) is 9.21. The fraction of sp³-hybridized carbons (Fsp3) is 0.231. The molecule has 0 unspecified atom stereocenters. The predicted octanol–water partition coefficient (Wildman–Crippen LogP) is 2.27. The Morgan fingerprint density at radius 1 is 1.24 bits per heavy atom. The van der Waals surface area contributed by atoms with E-state index < -0.39 is 5.97 Å². The van der Waals surface area contributed by atoms with Crippen molar-refractivity contribution >= 4 is 17.9 Å². The minimum Gasteiger partial charge on any atom is -0.506 e. The van der Waals surface area contributed by atoms with Crippen LogP contribution in [0.15, 0.2) is 40.9 Å². The molecule has 1 saturated carbocycles. The highest BCUT2D eigenvalue weighted by Crippen LogP contribution is 2.24. The molecule has 1 aromatic carbocycles. The molecule has 1 aliphatic rings. The number of rotatable bonds is 4. The van der Waals surface area contributed by atoms with E-state index in [0.29, 0.717) is 5.56 Å². The number of nitrogens with zero attached hydrogens (tertiary/aromatic N) is 1. The number of aliphatic hydroxyl groups is 1. The molecule has 4 nitrogen and oxygen atoms in total. The highest BCUT2D eigenvalue weighted by Gasteiger charge is 2.20. The van der Waals surface area contributed by atoms with Crippen LogP contribution in [0.5, 0.6) is 0 Å². The van der Waals surface area contributed by atoms with E-state index in [4.69, 9.17) is 5.11 Å². The fourth-order valence-corrected chi connectivity index (χ4v) is 1.37. The lowest BCUT2D eigenvalue weighted by Gasteiger charge is -2.02. The van der Waals surface area contributed by atoms with Crippen LogP contribution in [0.2, 0.25) is 0 Å². The number of benzene rings is 1. The number of hydrogen-bond donors (Lipinski definition) is 2. The van der Waals surface area contributed by atoms with Gasteiger partial charge < -0.3 is 10.2 Å². The number of carboxylic acid groups (broad SMARTS) is 1. The second-order valence-electron chi connectivity index (χ2n) is 3.94. The van der Waals surface area contributed by atoms with E-state index in [0.717, 1.165) is 12.8 Å². The third kappa shape index (κ3) is 2.93. The number of aliphatic imine (C=N–C) groups is 1. The van der Waals surface area contributed by atoms with Gasteiger partial charge in [0.1, 0.15) is 11.3 Å². The summed E-state index contributed by atoms with van der Waals surface area (Å²) in [6.45, 7) is 0. The molecule has 0 aromatic heterocycles. The molecule has 4 heteroatoms. The molecular formula is C13H13NO3. The summed E-state index contributed by atoms with van der Waals surface area (Å²) >= 11 is 0. The van der Waals surface area contributed by atoms with E-state index in [9.17, 15) is 9.90 Å². The number of carbonyl (C=O) groups is 1. The van der Waals surface area contributed by atoms with Crippen LogP contribution in [-0.2, 0) is 4.79 Å². The van der Waals surface area contributed by atoms with Gasteiger partial charge in [-0.2, -0.15) is 0 Å². The van der Waals surface area contributed by atoms with Gasteiger partial charge in [0.05, 0.1) is 6.04 Å². The molecule has 0 spiro atoms. The van der Waals surface area contributed by atoms with Crippen molar-refractivity contribution in [3.8, 4) is 0 Å². The molecule has 0 saturated heterocycles. The van der Waals surface area contributed by atoms with Crippen LogP contribution in [0.1, 0.15) is 18.4 Å².